The molecule has 1 atom stereocenters. The summed E-state index contributed by atoms with van der Waals surface area (Å²) in [5.74, 6) is -0.642. The van der Waals surface area contributed by atoms with Crippen LogP contribution in [0.5, 0.6) is 0 Å². The van der Waals surface area contributed by atoms with E-state index in [1.54, 1.807) is 12.2 Å². The van der Waals surface area contributed by atoms with Crippen molar-refractivity contribution in [2.75, 3.05) is 13.2 Å². The molecule has 0 unspecified atom stereocenters. The first-order chi connectivity index (χ1) is 16.1. The van der Waals surface area contributed by atoms with E-state index in [9.17, 15) is 15.0 Å². The number of carbonyl (C=O) groups is 1. The first-order valence-electron chi connectivity index (χ1n) is 12.5. The maximum Gasteiger partial charge on any atom is 0.331 e. The van der Waals surface area contributed by atoms with E-state index in [-0.39, 0.29) is 19.1 Å². The van der Waals surface area contributed by atoms with Crippen molar-refractivity contribution in [3.63, 3.8) is 0 Å². The molecular weight excluding hydrogens is 424 g/mol. The van der Waals surface area contributed by atoms with E-state index < -0.39 is 5.97 Å². The summed E-state index contributed by atoms with van der Waals surface area (Å²) in [6.07, 6.45) is 17.7. The van der Waals surface area contributed by atoms with Crippen LogP contribution >= 0.6 is 0 Å². The Morgan fingerprint density at radius 3 is 1.91 bits per heavy atom. The molecule has 3 N–H and O–H groups in total. The predicted octanol–water partition coefficient (Wildman–Crippen LogP) is 7.47. The van der Waals surface area contributed by atoms with E-state index in [4.69, 9.17) is 5.11 Å². The van der Waals surface area contributed by atoms with Gasteiger partial charge < -0.3 is 15.3 Å². The van der Waals surface area contributed by atoms with Crippen LogP contribution in [0.1, 0.15) is 92.4 Å². The lowest BCUT2D eigenvalue weighted by atomic mass is 9.89. The average molecular weight is 473 g/mol. The summed E-state index contributed by atoms with van der Waals surface area (Å²) >= 11 is 0. The van der Waals surface area contributed by atoms with Gasteiger partial charge in [0.05, 0.1) is 13.2 Å². The third kappa shape index (κ3) is 16.4. The molecule has 0 bridgehead atoms. The minimum Gasteiger partial charge on any atom is -0.478 e. The second-order valence-corrected chi connectivity index (χ2v) is 9.55. The average Bonchev–Trinajstić information content (AvgIpc) is 2.76. The topological polar surface area (TPSA) is 77.8 Å². The van der Waals surface area contributed by atoms with Gasteiger partial charge in [-0.3, -0.25) is 0 Å². The number of hydrogen-bond acceptors (Lipinski definition) is 3. The first kappa shape index (κ1) is 31.8. The normalized spacial score (nSPS) is 14.2. The number of carboxylic acid groups (broad SMARTS) is 1. The smallest absolute Gasteiger partial charge is 0.331 e. The van der Waals surface area contributed by atoms with Gasteiger partial charge in [-0.25, -0.2) is 4.79 Å². The second kappa shape index (κ2) is 19.2. The zero-order chi connectivity index (χ0) is 25.9. The molecule has 0 aromatic heterocycles. The van der Waals surface area contributed by atoms with Gasteiger partial charge in [-0.15, -0.1) is 0 Å². The van der Waals surface area contributed by atoms with Gasteiger partial charge in [0.15, 0.2) is 0 Å². The fourth-order valence-corrected chi connectivity index (χ4v) is 3.68. The van der Waals surface area contributed by atoms with Crippen molar-refractivity contribution in [2.24, 2.45) is 5.92 Å². The Bertz CT molecular complexity index is 774. The molecule has 0 aliphatic carbocycles. The van der Waals surface area contributed by atoms with Gasteiger partial charge >= 0.3 is 5.97 Å². The molecule has 0 spiro atoms. The van der Waals surface area contributed by atoms with E-state index in [0.717, 1.165) is 49.7 Å². The summed E-state index contributed by atoms with van der Waals surface area (Å²) in [6.45, 7) is 14.6. The molecule has 0 aliphatic heterocycles. The molecular formula is C30H48O4. The Balaban J connectivity index is 4.77. The highest BCUT2D eigenvalue weighted by atomic mass is 16.4. The van der Waals surface area contributed by atoms with E-state index >= 15 is 0 Å². The lowest BCUT2D eigenvalue weighted by molar-refractivity contribution is -0.132. The van der Waals surface area contributed by atoms with Crippen molar-refractivity contribution in [3.05, 3.63) is 70.4 Å². The largest absolute Gasteiger partial charge is 0.478 e. The molecule has 0 aromatic rings. The summed E-state index contributed by atoms with van der Waals surface area (Å²) in [5.41, 5.74) is 6.38. The predicted molar refractivity (Wildman–Crippen MR) is 145 cm³/mol. The monoisotopic (exact) mass is 472 g/mol. The number of carboxylic acids is 1. The minimum atomic E-state index is -0.893. The zero-order valence-corrected chi connectivity index (χ0v) is 22.2. The molecule has 0 radical (unpaired) electrons. The second-order valence-electron chi connectivity index (χ2n) is 9.55. The number of aliphatic carboxylic acids is 1. The number of allylic oxidation sites excluding steroid dienone is 8. The number of hydrogen-bond donors (Lipinski definition) is 3. The van der Waals surface area contributed by atoms with Crippen LogP contribution in [0.15, 0.2) is 70.4 Å². The van der Waals surface area contributed by atoms with Gasteiger partial charge in [-0.1, -0.05) is 59.3 Å². The summed E-state index contributed by atoms with van der Waals surface area (Å²) in [6, 6.07) is 0. The third-order valence-corrected chi connectivity index (χ3v) is 6.05. The Kier molecular flexibility index (Phi) is 17.9. The Labute approximate surface area is 208 Å². The van der Waals surface area contributed by atoms with Gasteiger partial charge in [0.1, 0.15) is 0 Å². The third-order valence-electron chi connectivity index (χ3n) is 6.05. The number of rotatable bonds is 18. The van der Waals surface area contributed by atoms with Crippen LogP contribution in [0, 0.1) is 5.92 Å². The van der Waals surface area contributed by atoms with Crippen molar-refractivity contribution >= 4 is 5.97 Å². The lowest BCUT2D eigenvalue weighted by Gasteiger charge is -2.16. The zero-order valence-electron chi connectivity index (χ0n) is 22.2. The highest BCUT2D eigenvalue weighted by Gasteiger charge is 2.13. The molecule has 0 saturated heterocycles. The lowest BCUT2D eigenvalue weighted by Crippen LogP contribution is -2.06. The first-order valence-corrected chi connectivity index (χ1v) is 12.5. The molecule has 0 fully saturated rings. The van der Waals surface area contributed by atoms with Gasteiger partial charge in [-0.2, -0.15) is 0 Å². The van der Waals surface area contributed by atoms with Crippen molar-refractivity contribution in [3.8, 4) is 0 Å². The highest BCUT2D eigenvalue weighted by Crippen LogP contribution is 2.24. The maximum absolute atomic E-state index is 11.7. The minimum absolute atomic E-state index is 0.120. The standard InChI is InChI=1S/C30H48O4/c1-23(2)10-7-11-25(5)12-8-13-26(6)16-17-28(24(3)4)18-19-29(30(33)34)15-9-14-27(22-32)20-21-31/h10,12,15-16,20,28,31-32H,3,7-9,11,13-14,17-19,21-22H2,1-2,4-6H3,(H,33,34)/b25-12+,26-16+,27-20-,29-15-/t28-/m0/s1. The van der Waals surface area contributed by atoms with Gasteiger partial charge in [-0.05, 0) is 104 Å². The fraction of sp³-hybridized carbons (Fsp3) is 0.567. The van der Waals surface area contributed by atoms with Crippen LogP contribution in [0.2, 0.25) is 0 Å². The van der Waals surface area contributed by atoms with Gasteiger partial charge in [0.25, 0.3) is 0 Å². The number of aliphatic hydroxyl groups is 2. The van der Waals surface area contributed by atoms with Crippen molar-refractivity contribution in [2.45, 2.75) is 92.4 Å². The number of aliphatic hydroxyl groups excluding tert-OH is 2. The van der Waals surface area contributed by atoms with Crippen LogP contribution in [0.25, 0.3) is 0 Å². The molecule has 0 aliphatic rings. The van der Waals surface area contributed by atoms with E-state index in [2.05, 4.69) is 52.5 Å². The van der Waals surface area contributed by atoms with Crippen molar-refractivity contribution in [1.29, 1.82) is 0 Å². The quantitative estimate of drug-likeness (QED) is 0.143. The van der Waals surface area contributed by atoms with Crippen LogP contribution in [-0.4, -0.2) is 34.5 Å². The molecule has 34 heavy (non-hydrogen) atoms. The van der Waals surface area contributed by atoms with E-state index in [1.807, 2.05) is 6.92 Å². The van der Waals surface area contributed by atoms with E-state index in [0.29, 0.717) is 24.8 Å². The molecule has 4 nitrogen and oxygen atoms in total. The van der Waals surface area contributed by atoms with Gasteiger partial charge in [0.2, 0.25) is 0 Å². The van der Waals surface area contributed by atoms with Crippen LogP contribution < -0.4 is 0 Å². The fourth-order valence-electron chi connectivity index (χ4n) is 3.68. The Hall–Kier alpha value is -2.17. The summed E-state index contributed by atoms with van der Waals surface area (Å²) < 4.78 is 0. The van der Waals surface area contributed by atoms with Crippen LogP contribution in [0.4, 0.5) is 0 Å². The summed E-state index contributed by atoms with van der Waals surface area (Å²) in [7, 11) is 0. The Morgan fingerprint density at radius 1 is 0.794 bits per heavy atom. The molecule has 0 amide bonds. The van der Waals surface area contributed by atoms with Crippen molar-refractivity contribution < 1.29 is 20.1 Å². The van der Waals surface area contributed by atoms with Crippen LogP contribution in [0.3, 0.4) is 0 Å². The molecule has 0 heterocycles. The summed E-state index contributed by atoms with van der Waals surface area (Å²) in [4.78, 5) is 11.7. The van der Waals surface area contributed by atoms with Crippen molar-refractivity contribution in [1.82, 2.24) is 0 Å². The molecule has 0 rings (SSSR count). The molecule has 192 valence electrons. The maximum atomic E-state index is 11.7. The Morgan fingerprint density at radius 2 is 1.38 bits per heavy atom. The molecule has 0 saturated carbocycles. The highest BCUT2D eigenvalue weighted by molar-refractivity contribution is 5.86. The SMILES string of the molecule is C=C(C)[C@@H](C/C=C(\C)CC/C=C(\C)CCC=C(C)C)CC/C(=C/CC/C(=C/CO)CO)C(=O)O. The van der Waals surface area contributed by atoms with Gasteiger partial charge in [0, 0.05) is 5.57 Å². The van der Waals surface area contributed by atoms with Crippen LogP contribution in [-0.2, 0) is 4.79 Å². The molecule has 4 heteroatoms. The molecule has 0 aromatic carbocycles. The van der Waals surface area contributed by atoms with E-state index in [1.165, 1.54) is 16.7 Å². The summed E-state index contributed by atoms with van der Waals surface area (Å²) in [5, 5.41) is 27.8.